The van der Waals surface area contributed by atoms with Crippen molar-refractivity contribution in [1.29, 1.82) is 0 Å². The summed E-state index contributed by atoms with van der Waals surface area (Å²) < 4.78 is 5.32. The fraction of sp³-hybridized carbons (Fsp3) is 0.333. The van der Waals surface area contributed by atoms with Crippen LogP contribution in [0.25, 0.3) is 10.8 Å². The van der Waals surface area contributed by atoms with Crippen molar-refractivity contribution in [3.63, 3.8) is 0 Å². The summed E-state index contributed by atoms with van der Waals surface area (Å²) in [5, 5.41) is 13.0. The van der Waals surface area contributed by atoms with Gasteiger partial charge in [0.1, 0.15) is 10.7 Å². The molecule has 0 spiro atoms. The van der Waals surface area contributed by atoms with Gasteiger partial charge < -0.3 is 4.42 Å². The van der Waals surface area contributed by atoms with E-state index in [9.17, 15) is 4.79 Å². The number of aromatic nitrogens is 3. The first-order valence-electron chi connectivity index (χ1n) is 7.18. The number of hydrogen-bond acceptors (Lipinski definition) is 7. The van der Waals surface area contributed by atoms with Crippen molar-refractivity contribution in [2.45, 2.75) is 27.2 Å². The molecule has 0 atom stereocenters. The predicted octanol–water partition coefficient (Wildman–Crippen LogP) is 4.01. The Morgan fingerprint density at radius 3 is 2.87 bits per heavy atom. The van der Waals surface area contributed by atoms with E-state index in [0.29, 0.717) is 27.5 Å². The molecule has 3 aromatic rings. The van der Waals surface area contributed by atoms with Crippen LogP contribution in [0.4, 0.5) is 5.13 Å². The summed E-state index contributed by atoms with van der Waals surface area (Å²) in [6.45, 7) is 6.10. The summed E-state index contributed by atoms with van der Waals surface area (Å²) >= 11 is 2.82. The van der Waals surface area contributed by atoms with Crippen molar-refractivity contribution in [2.24, 2.45) is 5.92 Å². The van der Waals surface area contributed by atoms with Crippen molar-refractivity contribution in [3.05, 3.63) is 34.0 Å². The zero-order valence-electron chi connectivity index (χ0n) is 13.0. The van der Waals surface area contributed by atoms with Crippen LogP contribution in [0, 0.1) is 12.8 Å². The van der Waals surface area contributed by atoms with Gasteiger partial charge in [0.25, 0.3) is 5.91 Å². The second-order valence-electron chi connectivity index (χ2n) is 5.45. The van der Waals surface area contributed by atoms with Gasteiger partial charge in [-0.05, 0) is 25.0 Å². The van der Waals surface area contributed by atoms with E-state index < -0.39 is 0 Å². The number of nitrogens with one attached hydrogen (secondary N) is 1. The van der Waals surface area contributed by atoms with Gasteiger partial charge in [0, 0.05) is 11.3 Å². The largest absolute Gasteiger partial charge is 0.462 e. The molecule has 8 heteroatoms. The van der Waals surface area contributed by atoms with Gasteiger partial charge >= 0.3 is 0 Å². The van der Waals surface area contributed by atoms with E-state index in [1.165, 1.54) is 22.7 Å². The van der Waals surface area contributed by atoms with Crippen LogP contribution in [0.2, 0.25) is 0 Å². The third-order valence-corrected chi connectivity index (χ3v) is 4.86. The van der Waals surface area contributed by atoms with Crippen LogP contribution in [0.3, 0.4) is 0 Å². The Bertz CT molecular complexity index is 805. The Kier molecular flexibility index (Phi) is 4.53. The molecule has 0 fully saturated rings. The maximum atomic E-state index is 12.4. The molecule has 1 N–H and O–H groups in total. The maximum Gasteiger partial charge on any atom is 0.277 e. The molecule has 1 amide bonds. The third kappa shape index (κ3) is 3.65. The quantitative estimate of drug-likeness (QED) is 0.753. The molecular formula is C15H16N4O2S2. The van der Waals surface area contributed by atoms with Crippen LogP contribution in [0.1, 0.15) is 34.2 Å². The Labute approximate surface area is 141 Å². The smallest absolute Gasteiger partial charge is 0.277 e. The molecule has 3 heterocycles. The lowest BCUT2D eigenvalue weighted by atomic mass is 10.1. The monoisotopic (exact) mass is 348 g/mol. The number of anilines is 1. The number of aryl methyl sites for hydroxylation is 1. The molecule has 0 bridgehead atoms. The van der Waals surface area contributed by atoms with Gasteiger partial charge in [0.05, 0.1) is 6.26 Å². The molecule has 3 rings (SSSR count). The van der Waals surface area contributed by atoms with Crippen molar-refractivity contribution < 1.29 is 9.21 Å². The van der Waals surface area contributed by atoms with Gasteiger partial charge in [-0.1, -0.05) is 25.2 Å². The van der Waals surface area contributed by atoms with Crippen molar-refractivity contribution in [3.8, 4) is 10.8 Å². The lowest BCUT2D eigenvalue weighted by Crippen LogP contribution is -2.13. The van der Waals surface area contributed by atoms with Crippen LogP contribution in [0.5, 0.6) is 0 Å². The summed E-state index contributed by atoms with van der Waals surface area (Å²) in [5.41, 5.74) is 0.391. The topological polar surface area (TPSA) is 80.9 Å². The summed E-state index contributed by atoms with van der Waals surface area (Å²) in [5.74, 6) is 0.888. The fourth-order valence-electron chi connectivity index (χ4n) is 2.00. The second kappa shape index (κ2) is 6.59. The Morgan fingerprint density at radius 2 is 2.17 bits per heavy atom. The summed E-state index contributed by atoms with van der Waals surface area (Å²) in [6.07, 6.45) is 2.44. The van der Waals surface area contributed by atoms with E-state index in [0.717, 1.165) is 16.3 Å². The predicted molar refractivity (Wildman–Crippen MR) is 91.0 cm³/mol. The molecule has 0 aliphatic rings. The van der Waals surface area contributed by atoms with Crippen LogP contribution < -0.4 is 5.32 Å². The van der Waals surface area contributed by atoms with E-state index in [1.807, 2.05) is 13.0 Å². The summed E-state index contributed by atoms with van der Waals surface area (Å²) in [6, 6.07) is 3.62. The Hall–Kier alpha value is -2.06. The average molecular weight is 348 g/mol. The molecule has 0 radical (unpaired) electrons. The van der Waals surface area contributed by atoms with Crippen LogP contribution >= 0.6 is 22.7 Å². The highest BCUT2D eigenvalue weighted by Gasteiger charge is 2.19. The molecule has 0 unspecified atom stereocenters. The van der Waals surface area contributed by atoms with E-state index >= 15 is 0 Å². The number of rotatable bonds is 5. The van der Waals surface area contributed by atoms with Gasteiger partial charge in [-0.3, -0.25) is 10.1 Å². The number of thiazole rings is 1. The first-order chi connectivity index (χ1) is 11.0. The third-order valence-electron chi connectivity index (χ3n) is 3.01. The first-order valence-corrected chi connectivity index (χ1v) is 8.81. The van der Waals surface area contributed by atoms with Crippen LogP contribution in [0.15, 0.2) is 22.8 Å². The lowest BCUT2D eigenvalue weighted by molar-refractivity contribution is 0.102. The van der Waals surface area contributed by atoms with Crippen LogP contribution in [-0.4, -0.2) is 21.1 Å². The number of furan rings is 1. The number of hydrogen-bond donors (Lipinski definition) is 1. The van der Waals surface area contributed by atoms with Gasteiger partial charge in [-0.15, -0.1) is 21.5 Å². The standard InChI is InChI=1S/C15H16N4O2S2/c1-8(2)7-11-18-19-15(23-11)17-13(20)12-9(3)22-14(16-12)10-5-4-6-21-10/h4-6,8H,7H2,1-3H3,(H,17,19,20). The SMILES string of the molecule is Cc1sc(-c2ccco2)nc1C(=O)Nc1nnc(CC(C)C)s1. The Balaban J connectivity index is 1.74. The Morgan fingerprint density at radius 1 is 1.35 bits per heavy atom. The van der Waals surface area contributed by atoms with E-state index in [2.05, 4.69) is 34.3 Å². The highest BCUT2D eigenvalue weighted by molar-refractivity contribution is 7.15. The zero-order valence-corrected chi connectivity index (χ0v) is 14.6. The normalized spacial score (nSPS) is 11.1. The van der Waals surface area contributed by atoms with Crippen molar-refractivity contribution >= 4 is 33.7 Å². The van der Waals surface area contributed by atoms with Crippen molar-refractivity contribution in [1.82, 2.24) is 15.2 Å². The van der Waals surface area contributed by atoms with Gasteiger partial charge in [-0.25, -0.2) is 4.98 Å². The van der Waals surface area contributed by atoms with Crippen LogP contribution in [-0.2, 0) is 6.42 Å². The molecule has 0 aliphatic carbocycles. The minimum absolute atomic E-state index is 0.274. The maximum absolute atomic E-state index is 12.4. The zero-order chi connectivity index (χ0) is 16.4. The fourth-order valence-corrected chi connectivity index (χ4v) is 3.83. The molecule has 0 aromatic carbocycles. The minimum atomic E-state index is -0.274. The van der Waals surface area contributed by atoms with Gasteiger partial charge in [-0.2, -0.15) is 0 Å². The molecule has 0 aliphatic heterocycles. The van der Waals surface area contributed by atoms with Crippen molar-refractivity contribution in [2.75, 3.05) is 5.32 Å². The molecule has 3 aromatic heterocycles. The van der Waals surface area contributed by atoms with E-state index in [-0.39, 0.29) is 5.91 Å². The molecule has 120 valence electrons. The molecule has 0 saturated carbocycles. The summed E-state index contributed by atoms with van der Waals surface area (Å²) in [4.78, 5) is 17.6. The van der Waals surface area contributed by atoms with E-state index in [1.54, 1.807) is 12.3 Å². The second-order valence-corrected chi connectivity index (χ2v) is 7.72. The summed E-state index contributed by atoms with van der Waals surface area (Å²) in [7, 11) is 0. The molecule has 23 heavy (non-hydrogen) atoms. The van der Waals surface area contributed by atoms with Gasteiger partial charge in [0.2, 0.25) is 5.13 Å². The first kappa shape index (κ1) is 15.8. The highest BCUT2D eigenvalue weighted by Crippen LogP contribution is 2.28. The van der Waals surface area contributed by atoms with E-state index in [4.69, 9.17) is 4.42 Å². The average Bonchev–Trinajstić information content (AvgIpc) is 3.18. The number of carbonyl (C=O) groups excluding carboxylic acids is 1. The molecule has 6 nitrogen and oxygen atoms in total. The number of nitrogens with zero attached hydrogens (tertiary/aromatic N) is 3. The highest BCUT2D eigenvalue weighted by atomic mass is 32.1. The number of amides is 1. The lowest BCUT2D eigenvalue weighted by Gasteiger charge is -1.99. The molecular weight excluding hydrogens is 332 g/mol. The minimum Gasteiger partial charge on any atom is -0.462 e. The molecule has 0 saturated heterocycles. The number of carbonyl (C=O) groups is 1. The van der Waals surface area contributed by atoms with Gasteiger partial charge in [0.15, 0.2) is 10.8 Å².